The average molecular weight is 701 g/mol. The average Bonchev–Trinajstić information content (AvgIpc) is 3.66. The van der Waals surface area contributed by atoms with Gasteiger partial charge in [0.05, 0.1) is 39.1 Å². The van der Waals surface area contributed by atoms with E-state index >= 15 is 0 Å². The minimum Gasteiger partial charge on any atom is -0.306 e. The number of para-hydroxylation sites is 3. The first-order valence-electron chi connectivity index (χ1n) is 18.6. The number of rotatable bonds is 5. The summed E-state index contributed by atoms with van der Waals surface area (Å²) in [6, 6.07) is 68.5. The summed E-state index contributed by atoms with van der Waals surface area (Å²) < 4.78 is 2.34. The first-order chi connectivity index (χ1) is 27.2. The van der Waals surface area contributed by atoms with Crippen molar-refractivity contribution in [1.29, 1.82) is 0 Å². The molecule has 0 N–H and O–H groups in total. The number of benzene rings is 8. The molecule has 0 aliphatic carbocycles. The van der Waals surface area contributed by atoms with Gasteiger partial charge in [0.1, 0.15) is 0 Å². The van der Waals surface area contributed by atoms with E-state index in [0.29, 0.717) is 5.82 Å². The van der Waals surface area contributed by atoms with Crippen LogP contribution in [0.4, 0.5) is 0 Å². The van der Waals surface area contributed by atoms with Crippen LogP contribution in [0.3, 0.4) is 0 Å². The Hall–Kier alpha value is -7.43. The third-order valence-corrected chi connectivity index (χ3v) is 10.8. The van der Waals surface area contributed by atoms with Crippen molar-refractivity contribution in [3.63, 3.8) is 0 Å². The third kappa shape index (κ3) is 5.26. The summed E-state index contributed by atoms with van der Waals surface area (Å²) in [4.78, 5) is 15.6. The van der Waals surface area contributed by atoms with Gasteiger partial charge in [-0.15, -0.1) is 0 Å². The lowest BCUT2D eigenvalue weighted by atomic mass is 9.98. The van der Waals surface area contributed by atoms with Crippen LogP contribution in [0.5, 0.6) is 0 Å². The summed E-state index contributed by atoms with van der Waals surface area (Å²) in [5, 5.41) is 5.91. The monoisotopic (exact) mass is 700 g/mol. The molecule has 8 aromatic carbocycles. The van der Waals surface area contributed by atoms with E-state index in [2.05, 4.69) is 199 Å². The van der Waals surface area contributed by atoms with E-state index in [4.69, 9.17) is 15.0 Å². The molecule has 11 aromatic rings. The molecule has 55 heavy (non-hydrogen) atoms. The SMILES string of the molecule is c1ccc2c(-c3cc(-c4cccc5ccccc45)nc(-c4ccc(-c5ccc(-c6nc7ccccc7n7c6cc6ccccc67)cc5)cc4)n3)cccc2c1. The Morgan fingerprint density at radius 1 is 0.327 bits per heavy atom. The number of nitrogens with zero attached hydrogens (tertiary/aromatic N) is 4. The summed E-state index contributed by atoms with van der Waals surface area (Å²) in [6.07, 6.45) is 0. The topological polar surface area (TPSA) is 43.1 Å². The third-order valence-electron chi connectivity index (χ3n) is 10.8. The zero-order chi connectivity index (χ0) is 36.3. The van der Waals surface area contributed by atoms with Crippen LogP contribution in [-0.2, 0) is 0 Å². The lowest BCUT2D eigenvalue weighted by Crippen LogP contribution is -1.97. The highest BCUT2D eigenvalue weighted by Crippen LogP contribution is 2.36. The molecule has 4 heteroatoms. The molecule has 0 unspecified atom stereocenters. The van der Waals surface area contributed by atoms with Gasteiger partial charge in [0, 0.05) is 27.6 Å². The molecule has 0 fully saturated rings. The van der Waals surface area contributed by atoms with E-state index in [1.165, 1.54) is 32.4 Å². The number of hydrogen-bond donors (Lipinski definition) is 0. The zero-order valence-corrected chi connectivity index (χ0v) is 29.8. The molecule has 4 nitrogen and oxygen atoms in total. The van der Waals surface area contributed by atoms with Gasteiger partial charge in [-0.25, -0.2) is 15.0 Å². The quantitative estimate of drug-likeness (QED) is 0.179. The van der Waals surface area contributed by atoms with Crippen LogP contribution in [0, 0.1) is 0 Å². The van der Waals surface area contributed by atoms with Crippen LogP contribution in [0.1, 0.15) is 0 Å². The molecule has 0 bridgehead atoms. The summed E-state index contributed by atoms with van der Waals surface area (Å²) in [7, 11) is 0. The Morgan fingerprint density at radius 3 is 1.45 bits per heavy atom. The highest BCUT2D eigenvalue weighted by molar-refractivity contribution is 6.00. The van der Waals surface area contributed by atoms with Crippen molar-refractivity contribution in [1.82, 2.24) is 19.4 Å². The molecular formula is C51H32N4. The maximum Gasteiger partial charge on any atom is 0.160 e. The summed E-state index contributed by atoms with van der Waals surface area (Å²) >= 11 is 0. The fourth-order valence-electron chi connectivity index (χ4n) is 8.11. The predicted octanol–water partition coefficient (Wildman–Crippen LogP) is 13.1. The molecule has 3 heterocycles. The second kappa shape index (κ2) is 12.6. The van der Waals surface area contributed by atoms with Gasteiger partial charge in [-0.1, -0.05) is 164 Å². The summed E-state index contributed by atoms with van der Waals surface area (Å²) in [6.45, 7) is 0. The second-order valence-electron chi connectivity index (χ2n) is 14.0. The Bertz CT molecular complexity index is 3140. The van der Waals surface area contributed by atoms with E-state index < -0.39 is 0 Å². The summed E-state index contributed by atoms with van der Waals surface area (Å²) in [5.41, 5.74) is 13.6. The van der Waals surface area contributed by atoms with Crippen molar-refractivity contribution < 1.29 is 0 Å². The molecular weight excluding hydrogens is 669 g/mol. The molecule has 0 amide bonds. The van der Waals surface area contributed by atoms with Crippen molar-refractivity contribution in [2.24, 2.45) is 0 Å². The van der Waals surface area contributed by atoms with E-state index in [0.717, 1.165) is 67.0 Å². The maximum atomic E-state index is 5.22. The zero-order valence-electron chi connectivity index (χ0n) is 29.8. The van der Waals surface area contributed by atoms with Crippen LogP contribution in [0.25, 0.3) is 105 Å². The Labute approximate surface area is 317 Å². The first-order valence-corrected chi connectivity index (χ1v) is 18.6. The molecule has 0 aliphatic rings. The van der Waals surface area contributed by atoms with Gasteiger partial charge in [0.2, 0.25) is 0 Å². The molecule has 11 rings (SSSR count). The molecule has 0 radical (unpaired) electrons. The van der Waals surface area contributed by atoms with E-state index in [-0.39, 0.29) is 0 Å². The van der Waals surface area contributed by atoms with Gasteiger partial charge in [-0.3, -0.25) is 0 Å². The Kier molecular flexibility index (Phi) is 7.14. The molecule has 0 atom stereocenters. The van der Waals surface area contributed by atoms with Crippen LogP contribution in [0.2, 0.25) is 0 Å². The van der Waals surface area contributed by atoms with Crippen LogP contribution in [0.15, 0.2) is 194 Å². The molecule has 256 valence electrons. The second-order valence-corrected chi connectivity index (χ2v) is 14.0. The van der Waals surface area contributed by atoms with Crippen LogP contribution < -0.4 is 0 Å². The molecule has 0 spiro atoms. The maximum absolute atomic E-state index is 5.22. The highest BCUT2D eigenvalue weighted by Gasteiger charge is 2.16. The Balaban J connectivity index is 0.991. The molecule has 0 saturated heterocycles. The smallest absolute Gasteiger partial charge is 0.160 e. The number of fused-ring (bicyclic) bond motifs is 7. The number of hydrogen-bond acceptors (Lipinski definition) is 3. The van der Waals surface area contributed by atoms with Gasteiger partial charge in [-0.05, 0) is 63.0 Å². The lowest BCUT2D eigenvalue weighted by Gasteiger charge is -2.13. The van der Waals surface area contributed by atoms with Gasteiger partial charge in [-0.2, -0.15) is 0 Å². The largest absolute Gasteiger partial charge is 0.306 e. The van der Waals surface area contributed by atoms with Gasteiger partial charge in [0.25, 0.3) is 0 Å². The first kappa shape index (κ1) is 31.1. The summed E-state index contributed by atoms with van der Waals surface area (Å²) in [5.74, 6) is 0.696. The van der Waals surface area contributed by atoms with Crippen molar-refractivity contribution in [2.45, 2.75) is 0 Å². The minimum atomic E-state index is 0.696. The van der Waals surface area contributed by atoms with Crippen molar-refractivity contribution >= 4 is 49.0 Å². The van der Waals surface area contributed by atoms with E-state index in [1.54, 1.807) is 0 Å². The number of aromatic nitrogens is 4. The van der Waals surface area contributed by atoms with Crippen LogP contribution in [-0.4, -0.2) is 19.4 Å². The molecule has 0 saturated carbocycles. The minimum absolute atomic E-state index is 0.696. The van der Waals surface area contributed by atoms with Crippen molar-refractivity contribution in [3.05, 3.63) is 194 Å². The van der Waals surface area contributed by atoms with E-state index in [1.807, 2.05) is 0 Å². The lowest BCUT2D eigenvalue weighted by molar-refractivity contribution is 1.19. The van der Waals surface area contributed by atoms with Gasteiger partial charge in [0.15, 0.2) is 5.82 Å². The fraction of sp³-hybridized carbons (Fsp3) is 0. The van der Waals surface area contributed by atoms with Gasteiger partial charge >= 0.3 is 0 Å². The normalized spacial score (nSPS) is 11.6. The van der Waals surface area contributed by atoms with Crippen molar-refractivity contribution in [3.8, 4) is 56.3 Å². The Morgan fingerprint density at radius 2 is 0.818 bits per heavy atom. The van der Waals surface area contributed by atoms with Crippen molar-refractivity contribution in [2.75, 3.05) is 0 Å². The van der Waals surface area contributed by atoms with E-state index in [9.17, 15) is 0 Å². The molecule has 0 aliphatic heterocycles. The molecule has 3 aromatic heterocycles. The predicted molar refractivity (Wildman–Crippen MR) is 228 cm³/mol. The van der Waals surface area contributed by atoms with Gasteiger partial charge < -0.3 is 4.40 Å². The van der Waals surface area contributed by atoms with Crippen LogP contribution >= 0.6 is 0 Å². The fourth-order valence-corrected chi connectivity index (χ4v) is 8.11. The highest BCUT2D eigenvalue weighted by atomic mass is 14.9. The standard InChI is InChI=1S/C51H32N4/c1-4-16-40-35(11-1)14-9-18-42(40)45-32-46(43-19-10-15-36-12-2-5-17-41(36)43)54-51(53-45)38-29-25-34(26-30-38)33-23-27-37(28-24-33)50-49-31-39-13-3-7-21-47(39)55(49)48-22-8-6-20-44(48)52-50/h1-32H.